The van der Waals surface area contributed by atoms with Gasteiger partial charge in [0.2, 0.25) is 5.95 Å². The monoisotopic (exact) mass is 292 g/mol. The van der Waals surface area contributed by atoms with E-state index in [9.17, 15) is 0 Å². The molecule has 0 atom stereocenters. The molecule has 0 aliphatic carbocycles. The molecule has 114 valence electrons. The summed E-state index contributed by atoms with van der Waals surface area (Å²) in [5.74, 6) is 0.994. The number of anilines is 1. The van der Waals surface area contributed by atoms with Crippen LogP contribution in [0, 0.1) is 0 Å². The molecule has 2 aromatic rings. The van der Waals surface area contributed by atoms with Gasteiger partial charge in [-0.15, -0.1) is 4.98 Å². The van der Waals surface area contributed by atoms with E-state index >= 15 is 0 Å². The summed E-state index contributed by atoms with van der Waals surface area (Å²) in [6.45, 7) is 6.89. The Labute approximate surface area is 123 Å². The van der Waals surface area contributed by atoms with Gasteiger partial charge in [-0.3, -0.25) is 4.68 Å². The third kappa shape index (κ3) is 4.04. The molecule has 0 saturated carbocycles. The van der Waals surface area contributed by atoms with E-state index < -0.39 is 0 Å². The van der Waals surface area contributed by atoms with Crippen LogP contribution in [0.3, 0.4) is 0 Å². The maximum atomic E-state index is 5.61. The molecule has 0 radical (unpaired) electrons. The average molecular weight is 292 g/mol. The van der Waals surface area contributed by atoms with Crippen molar-refractivity contribution in [2.24, 2.45) is 0 Å². The molecule has 1 N–H and O–H groups in total. The molecule has 0 saturated heterocycles. The van der Waals surface area contributed by atoms with Crippen LogP contribution in [0.15, 0.2) is 12.4 Å². The van der Waals surface area contributed by atoms with Gasteiger partial charge in [0.25, 0.3) is 0 Å². The first-order valence-electron chi connectivity index (χ1n) is 6.88. The Morgan fingerprint density at radius 3 is 2.62 bits per heavy atom. The van der Waals surface area contributed by atoms with Gasteiger partial charge in [-0.05, 0) is 20.3 Å². The van der Waals surface area contributed by atoms with Gasteiger partial charge in [0, 0.05) is 12.6 Å². The lowest BCUT2D eigenvalue weighted by Gasteiger charge is -2.07. The molecular formula is C13H20N6O2. The third-order valence-corrected chi connectivity index (χ3v) is 2.63. The first-order valence-corrected chi connectivity index (χ1v) is 6.88. The summed E-state index contributed by atoms with van der Waals surface area (Å²) in [5, 5.41) is 7.28. The van der Waals surface area contributed by atoms with Gasteiger partial charge in [0.05, 0.1) is 19.5 Å². The highest BCUT2D eigenvalue weighted by Gasteiger charge is 2.10. The van der Waals surface area contributed by atoms with Gasteiger partial charge in [0.1, 0.15) is 0 Å². The van der Waals surface area contributed by atoms with E-state index in [0.717, 1.165) is 13.0 Å². The minimum absolute atomic E-state index is 0.170. The van der Waals surface area contributed by atoms with Gasteiger partial charge in [-0.25, -0.2) is 0 Å². The lowest BCUT2D eigenvalue weighted by atomic mass is 10.4. The van der Waals surface area contributed by atoms with Crippen molar-refractivity contribution < 1.29 is 9.47 Å². The summed E-state index contributed by atoms with van der Waals surface area (Å²) in [7, 11) is 1.50. The Morgan fingerprint density at radius 2 is 2.00 bits per heavy atom. The summed E-state index contributed by atoms with van der Waals surface area (Å²) in [6.07, 6.45) is 4.38. The second kappa shape index (κ2) is 6.87. The number of hydrogen-bond acceptors (Lipinski definition) is 7. The van der Waals surface area contributed by atoms with Gasteiger partial charge < -0.3 is 14.8 Å². The Hall–Kier alpha value is -2.38. The second-order valence-corrected chi connectivity index (χ2v) is 4.71. The standard InChI is InChI=1S/C13H20N6O2/c1-5-6-14-11-16-12(20-4)18-13(17-11)21-10-7-15-19(8-10)9(2)3/h7-9H,5-6H2,1-4H3,(H,14,16,17,18). The van der Waals surface area contributed by atoms with Crippen LogP contribution in [0.2, 0.25) is 0 Å². The van der Waals surface area contributed by atoms with E-state index in [0.29, 0.717) is 11.7 Å². The Bertz CT molecular complexity index is 584. The van der Waals surface area contributed by atoms with Crippen LogP contribution >= 0.6 is 0 Å². The largest absolute Gasteiger partial charge is 0.467 e. The fraction of sp³-hybridized carbons (Fsp3) is 0.538. The number of ether oxygens (including phenoxy) is 2. The van der Waals surface area contributed by atoms with Gasteiger partial charge in [-0.1, -0.05) is 6.92 Å². The molecule has 0 fully saturated rings. The zero-order chi connectivity index (χ0) is 15.2. The predicted molar refractivity (Wildman–Crippen MR) is 77.8 cm³/mol. The van der Waals surface area contributed by atoms with Crippen LogP contribution < -0.4 is 14.8 Å². The molecule has 0 bridgehead atoms. The molecule has 21 heavy (non-hydrogen) atoms. The van der Waals surface area contributed by atoms with E-state index in [1.807, 2.05) is 13.8 Å². The third-order valence-electron chi connectivity index (χ3n) is 2.63. The average Bonchev–Trinajstić information content (AvgIpc) is 2.93. The lowest BCUT2D eigenvalue weighted by molar-refractivity contribution is 0.360. The number of hydrogen-bond donors (Lipinski definition) is 1. The predicted octanol–water partition coefficient (Wildman–Crippen LogP) is 2.27. The van der Waals surface area contributed by atoms with Crippen molar-refractivity contribution in [2.75, 3.05) is 19.0 Å². The molecule has 2 aromatic heterocycles. The molecule has 0 unspecified atom stereocenters. The van der Waals surface area contributed by atoms with Crippen LogP contribution in [0.1, 0.15) is 33.2 Å². The summed E-state index contributed by atoms with van der Waals surface area (Å²) < 4.78 is 12.5. The highest BCUT2D eigenvalue weighted by atomic mass is 16.5. The van der Waals surface area contributed by atoms with Crippen molar-refractivity contribution in [3.8, 4) is 17.8 Å². The molecule has 0 aliphatic heterocycles. The van der Waals surface area contributed by atoms with Crippen molar-refractivity contribution in [1.29, 1.82) is 0 Å². The summed E-state index contributed by atoms with van der Waals surface area (Å²) in [4.78, 5) is 12.4. The zero-order valence-electron chi connectivity index (χ0n) is 12.7. The van der Waals surface area contributed by atoms with Crippen molar-refractivity contribution in [1.82, 2.24) is 24.7 Å². The zero-order valence-corrected chi connectivity index (χ0v) is 12.7. The molecule has 2 heterocycles. The minimum atomic E-state index is 0.170. The molecule has 0 aliphatic rings. The molecule has 0 amide bonds. The lowest BCUT2D eigenvalue weighted by Crippen LogP contribution is -2.07. The smallest absolute Gasteiger partial charge is 0.330 e. The molecule has 0 spiro atoms. The normalized spacial score (nSPS) is 10.7. The number of nitrogens with zero attached hydrogens (tertiary/aromatic N) is 5. The summed E-state index contributed by atoms with van der Waals surface area (Å²) >= 11 is 0. The quantitative estimate of drug-likeness (QED) is 0.837. The number of rotatable bonds is 7. The van der Waals surface area contributed by atoms with Crippen LogP contribution in [0.25, 0.3) is 0 Å². The van der Waals surface area contributed by atoms with Crippen molar-refractivity contribution in [3.05, 3.63) is 12.4 Å². The Morgan fingerprint density at radius 1 is 1.24 bits per heavy atom. The van der Waals surface area contributed by atoms with Gasteiger partial charge in [0.15, 0.2) is 5.75 Å². The number of methoxy groups -OCH3 is 1. The first kappa shape index (κ1) is 15.0. The Balaban J connectivity index is 2.17. The van der Waals surface area contributed by atoms with Crippen molar-refractivity contribution in [3.63, 3.8) is 0 Å². The molecule has 0 aromatic carbocycles. The first-order chi connectivity index (χ1) is 10.1. The number of nitrogens with one attached hydrogen (secondary N) is 1. The molecular weight excluding hydrogens is 272 g/mol. The minimum Gasteiger partial charge on any atom is -0.467 e. The molecule has 8 heteroatoms. The van der Waals surface area contributed by atoms with E-state index in [4.69, 9.17) is 9.47 Å². The van der Waals surface area contributed by atoms with E-state index in [1.54, 1.807) is 17.1 Å². The SMILES string of the molecule is CCCNc1nc(OC)nc(Oc2cnn(C(C)C)c2)n1. The fourth-order valence-electron chi connectivity index (χ4n) is 1.55. The second-order valence-electron chi connectivity index (χ2n) is 4.71. The maximum absolute atomic E-state index is 5.61. The van der Waals surface area contributed by atoms with E-state index in [-0.39, 0.29) is 18.1 Å². The number of aromatic nitrogens is 5. The van der Waals surface area contributed by atoms with Crippen molar-refractivity contribution >= 4 is 5.95 Å². The summed E-state index contributed by atoms with van der Waals surface area (Å²) in [5.41, 5.74) is 0. The van der Waals surface area contributed by atoms with Gasteiger partial charge in [-0.2, -0.15) is 15.1 Å². The topological polar surface area (TPSA) is 87.0 Å². The maximum Gasteiger partial charge on any atom is 0.330 e. The molecule has 2 rings (SSSR count). The van der Waals surface area contributed by atoms with Crippen LogP contribution in [-0.4, -0.2) is 38.4 Å². The summed E-state index contributed by atoms with van der Waals surface area (Å²) in [6, 6.07) is 0.635. The highest BCUT2D eigenvalue weighted by molar-refractivity contribution is 5.29. The van der Waals surface area contributed by atoms with Crippen LogP contribution in [-0.2, 0) is 0 Å². The van der Waals surface area contributed by atoms with E-state index in [1.165, 1.54) is 7.11 Å². The van der Waals surface area contributed by atoms with E-state index in [2.05, 4.69) is 32.3 Å². The van der Waals surface area contributed by atoms with Crippen molar-refractivity contribution in [2.45, 2.75) is 33.2 Å². The van der Waals surface area contributed by atoms with Crippen LogP contribution in [0.4, 0.5) is 5.95 Å². The fourth-order valence-corrected chi connectivity index (χ4v) is 1.55. The van der Waals surface area contributed by atoms with Crippen LogP contribution in [0.5, 0.6) is 17.8 Å². The Kier molecular flexibility index (Phi) is 4.91. The van der Waals surface area contributed by atoms with Gasteiger partial charge >= 0.3 is 12.0 Å². The highest BCUT2D eigenvalue weighted by Crippen LogP contribution is 2.21. The molecule has 8 nitrogen and oxygen atoms in total.